The zero-order valence-corrected chi connectivity index (χ0v) is 16.5. The third kappa shape index (κ3) is 4.03. The quantitative estimate of drug-likeness (QED) is 0.739. The van der Waals surface area contributed by atoms with Crippen molar-refractivity contribution in [1.29, 1.82) is 0 Å². The van der Waals surface area contributed by atoms with Gasteiger partial charge in [0, 0.05) is 32.2 Å². The zero-order chi connectivity index (χ0) is 18.6. The molecule has 1 heterocycles. The molecule has 0 radical (unpaired) electrons. The van der Waals surface area contributed by atoms with Gasteiger partial charge < -0.3 is 4.74 Å². The second kappa shape index (κ2) is 8.37. The molecular weight excluding hydrogens is 348 g/mol. The number of nitrogens with zero attached hydrogens (tertiary/aromatic N) is 2. The summed E-state index contributed by atoms with van der Waals surface area (Å²) in [5.41, 5.74) is 0.930. The summed E-state index contributed by atoms with van der Waals surface area (Å²) in [4.78, 5) is 0. The fraction of sp³-hybridized carbons (Fsp3) is 0.500. The van der Waals surface area contributed by atoms with Crippen molar-refractivity contribution in [3.05, 3.63) is 42.0 Å². The third-order valence-electron chi connectivity index (χ3n) is 4.88. The lowest BCUT2D eigenvalue weighted by atomic mass is 10.0. The van der Waals surface area contributed by atoms with E-state index in [0.29, 0.717) is 26.2 Å². The maximum absolute atomic E-state index is 13.0. The van der Waals surface area contributed by atoms with Crippen LogP contribution in [0.2, 0.25) is 0 Å². The Hall–Kier alpha value is -1.63. The zero-order valence-electron chi connectivity index (χ0n) is 15.6. The SMILES string of the molecule is CCCOc1ccc2ccccc2c1CN(C)S(=O)(=O)N1CCCCC1. The molecule has 26 heavy (non-hydrogen) atoms. The van der Waals surface area contributed by atoms with Crippen LogP contribution < -0.4 is 4.74 Å². The first-order valence-corrected chi connectivity index (χ1v) is 10.8. The molecule has 0 unspecified atom stereocenters. The summed E-state index contributed by atoms with van der Waals surface area (Å²) in [7, 11) is -1.79. The summed E-state index contributed by atoms with van der Waals surface area (Å²) in [5, 5.41) is 2.14. The Balaban J connectivity index is 1.93. The number of hydrogen-bond donors (Lipinski definition) is 0. The standard InChI is InChI=1S/C20H28N2O3S/c1-3-15-25-20-12-11-17-9-5-6-10-18(17)19(20)16-21(2)26(23,24)22-13-7-4-8-14-22/h5-6,9-12H,3-4,7-8,13-16H2,1-2H3. The fourth-order valence-corrected chi connectivity index (χ4v) is 4.83. The van der Waals surface area contributed by atoms with Crippen LogP contribution in [0.15, 0.2) is 36.4 Å². The number of rotatable bonds is 7. The smallest absolute Gasteiger partial charge is 0.282 e. The summed E-state index contributed by atoms with van der Waals surface area (Å²) < 4.78 is 34.9. The number of hydrogen-bond acceptors (Lipinski definition) is 3. The minimum atomic E-state index is -3.46. The van der Waals surface area contributed by atoms with Gasteiger partial charge in [-0.1, -0.05) is 43.7 Å². The van der Waals surface area contributed by atoms with Crippen LogP contribution in [0.4, 0.5) is 0 Å². The molecule has 0 N–H and O–H groups in total. The predicted octanol–water partition coefficient (Wildman–Crippen LogP) is 3.79. The molecule has 1 aliphatic heterocycles. The van der Waals surface area contributed by atoms with Crippen LogP contribution in [-0.2, 0) is 16.8 Å². The number of piperidine rings is 1. The van der Waals surface area contributed by atoms with Crippen molar-refractivity contribution < 1.29 is 13.2 Å². The molecule has 0 bridgehead atoms. The van der Waals surface area contributed by atoms with Gasteiger partial charge in [0.1, 0.15) is 5.75 Å². The highest BCUT2D eigenvalue weighted by Crippen LogP contribution is 2.30. The van der Waals surface area contributed by atoms with E-state index >= 15 is 0 Å². The molecule has 0 saturated carbocycles. The summed E-state index contributed by atoms with van der Waals surface area (Å²) in [6.45, 7) is 4.21. The summed E-state index contributed by atoms with van der Waals surface area (Å²) >= 11 is 0. The van der Waals surface area contributed by atoms with E-state index in [1.807, 2.05) is 36.4 Å². The van der Waals surface area contributed by atoms with Gasteiger partial charge in [0.05, 0.1) is 6.61 Å². The summed E-state index contributed by atoms with van der Waals surface area (Å²) in [5.74, 6) is 0.770. The summed E-state index contributed by atoms with van der Waals surface area (Å²) in [6, 6.07) is 12.0. The van der Waals surface area contributed by atoms with Crippen LogP contribution in [0, 0.1) is 0 Å². The van der Waals surface area contributed by atoms with Crippen molar-refractivity contribution in [2.75, 3.05) is 26.7 Å². The average Bonchev–Trinajstić information content (AvgIpc) is 2.68. The minimum Gasteiger partial charge on any atom is -0.493 e. The second-order valence-corrected chi connectivity index (χ2v) is 8.87. The lowest BCUT2D eigenvalue weighted by Gasteiger charge is -2.30. The van der Waals surface area contributed by atoms with Gasteiger partial charge in [0.25, 0.3) is 10.2 Å². The molecular formula is C20H28N2O3S. The van der Waals surface area contributed by atoms with E-state index in [9.17, 15) is 8.42 Å². The lowest BCUT2D eigenvalue weighted by Crippen LogP contribution is -2.44. The Kier molecular flexibility index (Phi) is 6.16. The number of fused-ring (bicyclic) bond motifs is 1. The third-order valence-corrected chi connectivity index (χ3v) is 6.81. The minimum absolute atomic E-state index is 0.305. The topological polar surface area (TPSA) is 49.9 Å². The van der Waals surface area contributed by atoms with Crippen molar-refractivity contribution in [3.8, 4) is 5.75 Å². The Morgan fingerprint density at radius 2 is 1.81 bits per heavy atom. The molecule has 0 aromatic heterocycles. The molecule has 0 amide bonds. The molecule has 1 saturated heterocycles. The Morgan fingerprint density at radius 1 is 1.08 bits per heavy atom. The molecule has 6 heteroatoms. The van der Waals surface area contributed by atoms with Crippen LogP contribution in [0.5, 0.6) is 5.75 Å². The molecule has 0 spiro atoms. The predicted molar refractivity (Wildman–Crippen MR) is 106 cm³/mol. The summed E-state index contributed by atoms with van der Waals surface area (Å²) in [6.07, 6.45) is 3.89. The van der Waals surface area contributed by atoms with E-state index in [4.69, 9.17) is 4.74 Å². The van der Waals surface area contributed by atoms with Crippen molar-refractivity contribution in [1.82, 2.24) is 8.61 Å². The second-order valence-electron chi connectivity index (χ2n) is 6.84. The Bertz CT molecular complexity index is 845. The van der Waals surface area contributed by atoms with Gasteiger partial charge in [-0.15, -0.1) is 0 Å². The van der Waals surface area contributed by atoms with E-state index in [2.05, 4.69) is 6.92 Å². The normalized spacial score (nSPS) is 16.3. The molecule has 1 fully saturated rings. The average molecular weight is 377 g/mol. The van der Waals surface area contributed by atoms with E-state index in [0.717, 1.165) is 47.8 Å². The van der Waals surface area contributed by atoms with Crippen LogP contribution in [0.25, 0.3) is 10.8 Å². The largest absolute Gasteiger partial charge is 0.493 e. The van der Waals surface area contributed by atoms with E-state index in [-0.39, 0.29) is 0 Å². The Morgan fingerprint density at radius 3 is 2.54 bits per heavy atom. The van der Waals surface area contributed by atoms with Crippen molar-refractivity contribution in [2.45, 2.75) is 39.2 Å². The molecule has 142 valence electrons. The van der Waals surface area contributed by atoms with Crippen LogP contribution in [0.1, 0.15) is 38.2 Å². The van der Waals surface area contributed by atoms with Gasteiger partial charge in [-0.25, -0.2) is 0 Å². The van der Waals surface area contributed by atoms with Gasteiger partial charge in [0.15, 0.2) is 0 Å². The van der Waals surface area contributed by atoms with Crippen LogP contribution >= 0.6 is 0 Å². The van der Waals surface area contributed by atoms with Crippen molar-refractivity contribution in [2.24, 2.45) is 0 Å². The first-order chi connectivity index (χ1) is 12.5. The van der Waals surface area contributed by atoms with E-state index in [1.165, 1.54) is 4.31 Å². The van der Waals surface area contributed by atoms with E-state index in [1.54, 1.807) is 11.4 Å². The maximum Gasteiger partial charge on any atom is 0.282 e. The van der Waals surface area contributed by atoms with Crippen molar-refractivity contribution >= 4 is 21.0 Å². The first-order valence-electron chi connectivity index (χ1n) is 9.39. The lowest BCUT2D eigenvalue weighted by molar-refractivity contribution is 0.302. The molecule has 2 aromatic rings. The molecule has 0 aliphatic carbocycles. The molecule has 5 nitrogen and oxygen atoms in total. The van der Waals surface area contributed by atoms with Crippen LogP contribution in [0.3, 0.4) is 0 Å². The highest BCUT2D eigenvalue weighted by Gasteiger charge is 2.29. The van der Waals surface area contributed by atoms with Gasteiger partial charge in [-0.3, -0.25) is 0 Å². The molecule has 0 atom stereocenters. The number of benzene rings is 2. The van der Waals surface area contributed by atoms with Crippen LogP contribution in [-0.4, -0.2) is 43.8 Å². The van der Waals surface area contributed by atoms with Gasteiger partial charge >= 0.3 is 0 Å². The van der Waals surface area contributed by atoms with Gasteiger partial charge in [0.2, 0.25) is 0 Å². The molecule has 2 aromatic carbocycles. The van der Waals surface area contributed by atoms with Gasteiger partial charge in [-0.2, -0.15) is 17.0 Å². The molecule has 1 aliphatic rings. The monoisotopic (exact) mass is 376 g/mol. The first kappa shape index (κ1) is 19.1. The van der Waals surface area contributed by atoms with E-state index < -0.39 is 10.2 Å². The Labute approximate surface area is 156 Å². The molecule has 3 rings (SSSR count). The van der Waals surface area contributed by atoms with Crippen molar-refractivity contribution in [3.63, 3.8) is 0 Å². The maximum atomic E-state index is 13.0. The van der Waals surface area contributed by atoms with Gasteiger partial charge in [-0.05, 0) is 36.1 Å². The number of ether oxygens (including phenoxy) is 1. The fourth-order valence-electron chi connectivity index (χ4n) is 3.42. The highest BCUT2D eigenvalue weighted by atomic mass is 32.2. The highest BCUT2D eigenvalue weighted by molar-refractivity contribution is 7.86.